The summed E-state index contributed by atoms with van der Waals surface area (Å²) in [4.78, 5) is 12.6. The molecule has 23 heavy (non-hydrogen) atoms. The fraction of sp³-hybridized carbons (Fsp3) is 0.250. The van der Waals surface area contributed by atoms with Gasteiger partial charge in [0.1, 0.15) is 5.58 Å². The lowest BCUT2D eigenvalue weighted by Gasteiger charge is -2.13. The molecule has 3 heteroatoms. The monoisotopic (exact) mass is 307 g/mol. The van der Waals surface area contributed by atoms with Crippen LogP contribution in [0.5, 0.6) is 0 Å². The molecule has 1 unspecified atom stereocenters. The standard InChI is InChI=1S/C20H21NO2/c1-4-15-10-11-18-17(12-15)13(2)19(23-18)20(22)21-14(3)16-8-6-5-7-9-16/h5-12,14H,4H2,1-3H3,(H,21,22). The van der Waals surface area contributed by atoms with E-state index in [9.17, 15) is 4.79 Å². The first-order valence-corrected chi connectivity index (χ1v) is 7.98. The zero-order valence-electron chi connectivity index (χ0n) is 13.7. The molecule has 0 aliphatic carbocycles. The molecule has 0 fully saturated rings. The number of rotatable bonds is 4. The van der Waals surface area contributed by atoms with Gasteiger partial charge in [0.05, 0.1) is 6.04 Å². The Morgan fingerprint density at radius 3 is 2.61 bits per heavy atom. The van der Waals surface area contributed by atoms with Crippen LogP contribution in [0.2, 0.25) is 0 Å². The third kappa shape index (κ3) is 3.00. The van der Waals surface area contributed by atoms with E-state index >= 15 is 0 Å². The summed E-state index contributed by atoms with van der Waals surface area (Å²) in [5, 5.41) is 4.03. The van der Waals surface area contributed by atoms with Crippen LogP contribution < -0.4 is 5.32 Å². The topological polar surface area (TPSA) is 42.2 Å². The molecule has 1 amide bonds. The lowest BCUT2D eigenvalue weighted by molar-refractivity contribution is 0.0913. The molecule has 0 aliphatic heterocycles. The predicted octanol–water partition coefficient (Wildman–Crippen LogP) is 4.79. The molecule has 0 radical (unpaired) electrons. The van der Waals surface area contributed by atoms with Crippen molar-refractivity contribution in [1.82, 2.24) is 5.32 Å². The summed E-state index contributed by atoms with van der Waals surface area (Å²) in [5.41, 5.74) is 3.97. The van der Waals surface area contributed by atoms with Gasteiger partial charge < -0.3 is 9.73 Å². The van der Waals surface area contributed by atoms with E-state index in [4.69, 9.17) is 4.42 Å². The second kappa shape index (κ2) is 6.29. The second-order valence-corrected chi connectivity index (χ2v) is 5.85. The number of carbonyl (C=O) groups excluding carboxylic acids is 1. The van der Waals surface area contributed by atoms with Gasteiger partial charge in [-0.2, -0.15) is 0 Å². The number of aryl methyl sites for hydroxylation is 2. The molecule has 1 heterocycles. The van der Waals surface area contributed by atoms with Gasteiger partial charge in [-0.05, 0) is 43.5 Å². The molecule has 1 atom stereocenters. The van der Waals surface area contributed by atoms with Gasteiger partial charge in [0.15, 0.2) is 5.76 Å². The van der Waals surface area contributed by atoms with Crippen molar-refractivity contribution < 1.29 is 9.21 Å². The number of amides is 1. The van der Waals surface area contributed by atoms with E-state index in [-0.39, 0.29) is 11.9 Å². The third-order valence-corrected chi connectivity index (χ3v) is 4.26. The van der Waals surface area contributed by atoms with Crippen molar-refractivity contribution in [1.29, 1.82) is 0 Å². The van der Waals surface area contributed by atoms with Crippen LogP contribution in [0.4, 0.5) is 0 Å². The fourth-order valence-electron chi connectivity index (χ4n) is 2.79. The highest BCUT2D eigenvalue weighted by Crippen LogP contribution is 2.27. The highest BCUT2D eigenvalue weighted by atomic mass is 16.3. The minimum Gasteiger partial charge on any atom is -0.451 e. The van der Waals surface area contributed by atoms with Crippen LogP contribution in [-0.2, 0) is 6.42 Å². The normalized spacial score (nSPS) is 12.3. The van der Waals surface area contributed by atoms with Gasteiger partial charge in [-0.15, -0.1) is 0 Å². The third-order valence-electron chi connectivity index (χ3n) is 4.26. The lowest BCUT2D eigenvalue weighted by Crippen LogP contribution is -2.26. The first-order chi connectivity index (χ1) is 11.1. The highest BCUT2D eigenvalue weighted by Gasteiger charge is 2.19. The van der Waals surface area contributed by atoms with E-state index in [0.29, 0.717) is 5.76 Å². The minimum absolute atomic E-state index is 0.0671. The summed E-state index contributed by atoms with van der Waals surface area (Å²) < 4.78 is 5.78. The van der Waals surface area contributed by atoms with E-state index in [1.165, 1.54) is 5.56 Å². The van der Waals surface area contributed by atoms with E-state index in [2.05, 4.69) is 18.3 Å². The summed E-state index contributed by atoms with van der Waals surface area (Å²) in [5.74, 6) is 0.226. The maximum atomic E-state index is 12.6. The summed E-state index contributed by atoms with van der Waals surface area (Å²) in [6.07, 6.45) is 0.965. The van der Waals surface area contributed by atoms with Crippen molar-refractivity contribution in [2.75, 3.05) is 0 Å². The zero-order chi connectivity index (χ0) is 16.4. The molecule has 0 saturated carbocycles. The SMILES string of the molecule is CCc1ccc2oc(C(=O)NC(C)c3ccccc3)c(C)c2c1. The molecule has 3 nitrogen and oxygen atoms in total. The van der Waals surface area contributed by atoms with Crippen LogP contribution in [0, 0.1) is 6.92 Å². The summed E-state index contributed by atoms with van der Waals surface area (Å²) >= 11 is 0. The maximum absolute atomic E-state index is 12.6. The van der Waals surface area contributed by atoms with Crippen LogP contribution in [0.3, 0.4) is 0 Å². The molecule has 1 N–H and O–H groups in total. The van der Waals surface area contributed by atoms with Gasteiger partial charge in [0.25, 0.3) is 5.91 Å². The van der Waals surface area contributed by atoms with Gasteiger partial charge in [0.2, 0.25) is 0 Å². The van der Waals surface area contributed by atoms with E-state index < -0.39 is 0 Å². The van der Waals surface area contributed by atoms with Gasteiger partial charge in [-0.1, -0.05) is 43.3 Å². The predicted molar refractivity (Wildman–Crippen MR) is 92.7 cm³/mol. The molecule has 118 valence electrons. The minimum atomic E-state index is -0.173. The quantitative estimate of drug-likeness (QED) is 0.752. The molecule has 3 aromatic rings. The Morgan fingerprint density at radius 1 is 1.17 bits per heavy atom. The Balaban J connectivity index is 1.88. The molecule has 0 saturated heterocycles. The van der Waals surface area contributed by atoms with E-state index in [1.807, 2.05) is 56.3 Å². The Bertz CT molecular complexity index is 833. The average molecular weight is 307 g/mol. The molecular weight excluding hydrogens is 286 g/mol. The van der Waals surface area contributed by atoms with E-state index in [1.54, 1.807) is 0 Å². The average Bonchev–Trinajstić information content (AvgIpc) is 2.92. The van der Waals surface area contributed by atoms with Crippen molar-refractivity contribution >= 4 is 16.9 Å². The Morgan fingerprint density at radius 2 is 1.91 bits per heavy atom. The van der Waals surface area contributed by atoms with E-state index in [0.717, 1.165) is 28.5 Å². The molecule has 0 spiro atoms. The first kappa shape index (κ1) is 15.3. The Kier molecular flexibility index (Phi) is 4.20. The summed E-state index contributed by atoms with van der Waals surface area (Å²) in [6.45, 7) is 6.03. The number of fused-ring (bicyclic) bond motifs is 1. The van der Waals surface area contributed by atoms with Crippen LogP contribution in [0.25, 0.3) is 11.0 Å². The molecule has 0 aliphatic rings. The Labute approximate surface area is 136 Å². The van der Waals surface area contributed by atoms with Crippen LogP contribution in [-0.4, -0.2) is 5.91 Å². The number of nitrogens with one attached hydrogen (secondary N) is 1. The number of carbonyl (C=O) groups is 1. The smallest absolute Gasteiger partial charge is 0.287 e. The zero-order valence-corrected chi connectivity index (χ0v) is 13.7. The van der Waals surface area contributed by atoms with Crippen LogP contribution in [0.1, 0.15) is 47.1 Å². The second-order valence-electron chi connectivity index (χ2n) is 5.85. The molecule has 0 bridgehead atoms. The lowest BCUT2D eigenvalue weighted by atomic mass is 10.1. The molecule has 3 rings (SSSR count). The van der Waals surface area contributed by atoms with Crippen molar-refractivity contribution in [3.63, 3.8) is 0 Å². The highest BCUT2D eigenvalue weighted by molar-refractivity contribution is 5.99. The number of benzene rings is 2. The molecular formula is C20H21NO2. The van der Waals surface area contributed by atoms with Gasteiger partial charge in [-0.25, -0.2) is 0 Å². The number of furan rings is 1. The van der Waals surface area contributed by atoms with Crippen LogP contribution >= 0.6 is 0 Å². The van der Waals surface area contributed by atoms with Gasteiger partial charge >= 0.3 is 0 Å². The summed E-state index contributed by atoms with van der Waals surface area (Å²) in [6, 6.07) is 15.9. The maximum Gasteiger partial charge on any atom is 0.287 e. The van der Waals surface area contributed by atoms with Crippen molar-refractivity contribution in [2.24, 2.45) is 0 Å². The van der Waals surface area contributed by atoms with Crippen molar-refractivity contribution in [2.45, 2.75) is 33.2 Å². The molecule has 2 aromatic carbocycles. The largest absolute Gasteiger partial charge is 0.451 e. The number of hydrogen-bond acceptors (Lipinski definition) is 2. The number of hydrogen-bond donors (Lipinski definition) is 1. The first-order valence-electron chi connectivity index (χ1n) is 7.98. The van der Waals surface area contributed by atoms with Crippen LogP contribution in [0.15, 0.2) is 52.9 Å². The van der Waals surface area contributed by atoms with Crippen molar-refractivity contribution in [3.8, 4) is 0 Å². The van der Waals surface area contributed by atoms with Gasteiger partial charge in [-0.3, -0.25) is 4.79 Å². The summed E-state index contributed by atoms with van der Waals surface area (Å²) in [7, 11) is 0. The Hall–Kier alpha value is -2.55. The van der Waals surface area contributed by atoms with Gasteiger partial charge in [0, 0.05) is 10.9 Å². The molecule has 1 aromatic heterocycles. The fourth-order valence-corrected chi connectivity index (χ4v) is 2.79. The van der Waals surface area contributed by atoms with Crippen molar-refractivity contribution in [3.05, 3.63) is 71.0 Å².